The Morgan fingerprint density at radius 3 is 2.44 bits per heavy atom. The Kier molecular flexibility index (Phi) is 6.22. The maximum Gasteiger partial charge on any atom is 0.229 e. The van der Waals surface area contributed by atoms with Crippen molar-refractivity contribution in [3.05, 3.63) is 47.5 Å². The highest BCUT2D eigenvalue weighted by molar-refractivity contribution is 6.02. The van der Waals surface area contributed by atoms with Gasteiger partial charge in [-0.1, -0.05) is 12.1 Å². The van der Waals surface area contributed by atoms with Gasteiger partial charge in [0.15, 0.2) is 5.78 Å². The molecule has 10 heteroatoms. The third kappa shape index (κ3) is 4.10. The zero-order valence-electron chi connectivity index (χ0n) is 17.1. The smallest absolute Gasteiger partial charge is 0.229 e. The number of hydrogen-bond donors (Lipinski definition) is 5. The minimum atomic E-state index is -1.64. The molecular weight excluding hydrogens is 424 g/mol. The van der Waals surface area contributed by atoms with Crippen molar-refractivity contribution >= 4 is 5.78 Å². The maximum atomic E-state index is 13.0. The Balaban J connectivity index is 1.65. The van der Waals surface area contributed by atoms with E-state index in [1.54, 1.807) is 12.1 Å². The molecule has 172 valence electrons. The lowest BCUT2D eigenvalue weighted by molar-refractivity contribution is -0.277. The van der Waals surface area contributed by atoms with Crippen LogP contribution in [0.1, 0.15) is 28.4 Å². The molecule has 4 rings (SSSR count). The molecular formula is C22H24O10. The number of aliphatic hydroxyl groups is 4. The largest absolute Gasteiger partial charge is 0.508 e. The second kappa shape index (κ2) is 8.93. The van der Waals surface area contributed by atoms with Crippen LogP contribution in [0, 0.1) is 0 Å². The van der Waals surface area contributed by atoms with Gasteiger partial charge in [-0.3, -0.25) is 4.79 Å². The number of Topliss-reactive ketones (excluding diaryl/α,β-unsaturated/α-hetero) is 1. The van der Waals surface area contributed by atoms with Crippen molar-refractivity contribution in [3.63, 3.8) is 0 Å². The molecule has 2 heterocycles. The molecule has 0 radical (unpaired) electrons. The van der Waals surface area contributed by atoms with Crippen LogP contribution in [-0.4, -0.2) is 75.7 Å². The Morgan fingerprint density at radius 2 is 1.78 bits per heavy atom. The Bertz CT molecular complexity index is 973. The highest BCUT2D eigenvalue weighted by atomic mass is 16.7. The van der Waals surface area contributed by atoms with Crippen LogP contribution in [0.4, 0.5) is 0 Å². The normalized spacial score (nSPS) is 29.7. The lowest BCUT2D eigenvalue weighted by Crippen LogP contribution is -2.60. The van der Waals surface area contributed by atoms with E-state index < -0.39 is 43.4 Å². The fourth-order valence-corrected chi connectivity index (χ4v) is 3.77. The van der Waals surface area contributed by atoms with Crippen molar-refractivity contribution in [1.29, 1.82) is 0 Å². The number of methoxy groups -OCH3 is 1. The SMILES string of the molecule is COc1cc(O[C@H]2O[C@@H](CO)[C@@H](O)[C@@H](O)[C@@H]2O)c2c(c1)O[C@@H](c1ccc(O)cc1)CC2=O. The predicted molar refractivity (Wildman–Crippen MR) is 108 cm³/mol. The number of hydrogen-bond acceptors (Lipinski definition) is 10. The number of fused-ring (bicyclic) bond motifs is 1. The first-order valence-electron chi connectivity index (χ1n) is 10.0. The lowest BCUT2D eigenvalue weighted by Gasteiger charge is -2.40. The van der Waals surface area contributed by atoms with E-state index in [0.29, 0.717) is 11.3 Å². The van der Waals surface area contributed by atoms with Gasteiger partial charge in [-0.25, -0.2) is 0 Å². The summed E-state index contributed by atoms with van der Waals surface area (Å²) in [5.41, 5.74) is 0.804. The van der Waals surface area contributed by atoms with Crippen LogP contribution in [0.5, 0.6) is 23.0 Å². The average Bonchev–Trinajstić information content (AvgIpc) is 2.79. The number of ether oxygens (including phenoxy) is 4. The number of phenols is 1. The number of aromatic hydroxyl groups is 1. The molecule has 32 heavy (non-hydrogen) atoms. The number of phenolic OH excluding ortho intramolecular Hbond substituents is 1. The van der Waals surface area contributed by atoms with Crippen LogP contribution in [0.3, 0.4) is 0 Å². The molecule has 0 aromatic heterocycles. The number of carbonyl (C=O) groups excluding carboxylic acids is 1. The third-order valence-electron chi connectivity index (χ3n) is 5.55. The van der Waals surface area contributed by atoms with Gasteiger partial charge >= 0.3 is 0 Å². The maximum absolute atomic E-state index is 13.0. The summed E-state index contributed by atoms with van der Waals surface area (Å²) < 4.78 is 22.4. The lowest BCUT2D eigenvalue weighted by atomic mass is 9.95. The summed E-state index contributed by atoms with van der Waals surface area (Å²) in [5, 5.41) is 49.1. The molecule has 1 saturated heterocycles. The molecule has 0 amide bonds. The van der Waals surface area contributed by atoms with Gasteiger partial charge in [0.25, 0.3) is 0 Å². The van der Waals surface area contributed by atoms with Crippen molar-refractivity contribution in [1.82, 2.24) is 0 Å². The standard InChI is InChI=1S/C22H24O10/c1-29-12-6-15-18(13(25)8-14(30-15)10-2-4-11(24)5-3-10)16(7-12)31-22-21(28)20(27)19(26)17(9-23)32-22/h2-7,14,17,19-24,26-28H,8-9H2,1H3/t14-,17+,19-,20-,21+,22+/m1/s1. The van der Waals surface area contributed by atoms with Gasteiger partial charge < -0.3 is 44.5 Å². The molecule has 5 N–H and O–H groups in total. The second-order valence-corrected chi connectivity index (χ2v) is 7.64. The fraction of sp³-hybridized carbons (Fsp3) is 0.409. The zero-order chi connectivity index (χ0) is 23.0. The van der Waals surface area contributed by atoms with E-state index in [1.165, 1.54) is 31.4 Å². The van der Waals surface area contributed by atoms with Crippen LogP contribution < -0.4 is 14.2 Å². The molecule has 2 aromatic rings. The summed E-state index contributed by atoms with van der Waals surface area (Å²) in [5.74, 6) is 0.290. The van der Waals surface area contributed by atoms with E-state index in [1.807, 2.05) is 0 Å². The Hall–Kier alpha value is -2.89. The van der Waals surface area contributed by atoms with Gasteiger partial charge in [-0.2, -0.15) is 0 Å². The predicted octanol–water partition coefficient (Wildman–Crippen LogP) is 0.286. The molecule has 2 aliphatic heterocycles. The highest BCUT2D eigenvalue weighted by Crippen LogP contribution is 2.43. The number of rotatable bonds is 5. The number of ketones is 1. The van der Waals surface area contributed by atoms with Crippen molar-refractivity contribution in [2.75, 3.05) is 13.7 Å². The van der Waals surface area contributed by atoms with E-state index >= 15 is 0 Å². The van der Waals surface area contributed by atoms with Gasteiger partial charge in [-0.15, -0.1) is 0 Å². The van der Waals surface area contributed by atoms with Gasteiger partial charge in [0.05, 0.1) is 20.1 Å². The Labute approximate surface area is 183 Å². The first kappa shape index (κ1) is 22.3. The minimum Gasteiger partial charge on any atom is -0.508 e. The summed E-state index contributed by atoms with van der Waals surface area (Å²) in [7, 11) is 1.42. The van der Waals surface area contributed by atoms with Crippen molar-refractivity contribution in [3.8, 4) is 23.0 Å². The zero-order valence-corrected chi connectivity index (χ0v) is 17.1. The van der Waals surface area contributed by atoms with Crippen molar-refractivity contribution < 1.29 is 49.3 Å². The number of benzene rings is 2. The molecule has 1 fully saturated rings. The molecule has 0 unspecified atom stereocenters. The monoisotopic (exact) mass is 448 g/mol. The average molecular weight is 448 g/mol. The molecule has 10 nitrogen and oxygen atoms in total. The van der Waals surface area contributed by atoms with E-state index in [2.05, 4.69) is 0 Å². The van der Waals surface area contributed by atoms with Gasteiger partial charge in [0.2, 0.25) is 6.29 Å². The van der Waals surface area contributed by atoms with Crippen molar-refractivity contribution in [2.24, 2.45) is 0 Å². The Morgan fingerprint density at radius 1 is 1.06 bits per heavy atom. The molecule has 6 atom stereocenters. The molecule has 0 aliphatic carbocycles. The van der Waals surface area contributed by atoms with Crippen LogP contribution >= 0.6 is 0 Å². The summed E-state index contributed by atoms with van der Waals surface area (Å²) in [6.45, 7) is -0.614. The highest BCUT2D eigenvalue weighted by Gasteiger charge is 2.45. The van der Waals surface area contributed by atoms with E-state index in [4.69, 9.17) is 18.9 Å². The van der Waals surface area contributed by atoms with Gasteiger partial charge in [-0.05, 0) is 17.7 Å². The molecule has 2 aliphatic rings. The van der Waals surface area contributed by atoms with E-state index in [0.717, 1.165) is 0 Å². The van der Waals surface area contributed by atoms with Crippen LogP contribution in [0.2, 0.25) is 0 Å². The third-order valence-corrected chi connectivity index (χ3v) is 5.55. The van der Waals surface area contributed by atoms with E-state index in [9.17, 15) is 30.3 Å². The molecule has 0 bridgehead atoms. The summed E-state index contributed by atoms with van der Waals surface area (Å²) >= 11 is 0. The van der Waals surface area contributed by atoms with Gasteiger partial charge in [0, 0.05) is 12.1 Å². The summed E-state index contributed by atoms with van der Waals surface area (Å²) in [6, 6.07) is 9.26. The van der Waals surface area contributed by atoms with Gasteiger partial charge in [0.1, 0.15) is 59.1 Å². The fourth-order valence-electron chi connectivity index (χ4n) is 3.77. The number of aliphatic hydroxyl groups excluding tert-OH is 4. The second-order valence-electron chi connectivity index (χ2n) is 7.64. The minimum absolute atomic E-state index is 0.00200. The summed E-state index contributed by atoms with van der Waals surface area (Å²) in [6.07, 6.45) is -8.03. The van der Waals surface area contributed by atoms with Crippen molar-refractivity contribution in [2.45, 2.75) is 43.2 Å². The molecule has 0 saturated carbocycles. The quantitative estimate of drug-likeness (QED) is 0.431. The van der Waals surface area contributed by atoms with Crippen LogP contribution in [0.25, 0.3) is 0 Å². The first-order chi connectivity index (χ1) is 15.3. The number of carbonyl (C=O) groups is 1. The molecule has 0 spiro atoms. The van der Waals surface area contributed by atoms with Crippen LogP contribution in [-0.2, 0) is 4.74 Å². The first-order valence-corrected chi connectivity index (χ1v) is 10.0. The molecule has 2 aromatic carbocycles. The van der Waals surface area contributed by atoms with Crippen LogP contribution in [0.15, 0.2) is 36.4 Å². The summed E-state index contributed by atoms with van der Waals surface area (Å²) in [4.78, 5) is 13.0. The van der Waals surface area contributed by atoms with E-state index in [-0.39, 0.29) is 35.0 Å². The topological polar surface area (TPSA) is 155 Å².